The van der Waals surface area contributed by atoms with Crippen LogP contribution in [0.1, 0.15) is 55.7 Å². The van der Waals surface area contributed by atoms with Gasteiger partial charge < -0.3 is 9.47 Å². The predicted octanol–water partition coefficient (Wildman–Crippen LogP) is 6.14. The normalized spacial score (nSPS) is 21.4. The number of esters is 1. The Balaban J connectivity index is 1.71. The second kappa shape index (κ2) is 9.78. The van der Waals surface area contributed by atoms with E-state index < -0.39 is 0 Å². The summed E-state index contributed by atoms with van der Waals surface area (Å²) >= 11 is 0. The van der Waals surface area contributed by atoms with Crippen LogP contribution in [0.25, 0.3) is 0 Å². The van der Waals surface area contributed by atoms with Gasteiger partial charge in [-0.15, -0.1) is 6.58 Å². The van der Waals surface area contributed by atoms with Crippen molar-refractivity contribution in [2.45, 2.75) is 58.0 Å². The highest BCUT2D eigenvalue weighted by Crippen LogP contribution is 2.45. The van der Waals surface area contributed by atoms with E-state index in [1.165, 1.54) is 11.1 Å². The average molecular weight is 393 g/mol. The number of carbonyl (C=O) groups is 1. The van der Waals surface area contributed by atoms with Crippen molar-refractivity contribution in [2.24, 2.45) is 5.92 Å². The molecular formula is C26H32O3. The lowest BCUT2D eigenvalue weighted by Gasteiger charge is -2.39. The third-order valence-electron chi connectivity index (χ3n) is 6.07. The van der Waals surface area contributed by atoms with E-state index in [0.29, 0.717) is 13.2 Å². The molecule has 1 saturated carbocycles. The number of ether oxygens (including phenoxy) is 2. The first-order valence-corrected chi connectivity index (χ1v) is 10.6. The molecule has 0 amide bonds. The lowest BCUT2D eigenvalue weighted by molar-refractivity contribution is -0.149. The van der Waals surface area contributed by atoms with Gasteiger partial charge in [-0.05, 0) is 74.6 Å². The molecule has 0 aromatic heterocycles. The van der Waals surface area contributed by atoms with Crippen LogP contribution in [-0.4, -0.2) is 12.6 Å². The third kappa shape index (κ3) is 5.29. The number of carbonyl (C=O) groups excluding carboxylic acids is 1. The van der Waals surface area contributed by atoms with Gasteiger partial charge in [-0.3, -0.25) is 4.79 Å². The number of aryl methyl sites for hydroxylation is 1. The Bertz CT molecular complexity index is 814. The fraction of sp³-hybridized carbons (Fsp3) is 0.423. The summed E-state index contributed by atoms with van der Waals surface area (Å²) in [6.45, 7) is 8.96. The molecule has 154 valence electrons. The zero-order valence-corrected chi connectivity index (χ0v) is 17.7. The highest BCUT2D eigenvalue weighted by molar-refractivity contribution is 5.72. The van der Waals surface area contributed by atoms with Crippen molar-refractivity contribution in [3.63, 3.8) is 0 Å². The quantitative estimate of drug-likeness (QED) is 0.400. The van der Waals surface area contributed by atoms with Gasteiger partial charge >= 0.3 is 5.97 Å². The highest BCUT2D eigenvalue weighted by Gasteiger charge is 2.38. The van der Waals surface area contributed by atoms with E-state index in [0.717, 1.165) is 43.4 Å². The van der Waals surface area contributed by atoms with Gasteiger partial charge in [0.2, 0.25) is 0 Å². The highest BCUT2D eigenvalue weighted by atomic mass is 16.5. The molecule has 3 heteroatoms. The van der Waals surface area contributed by atoms with Crippen molar-refractivity contribution in [2.75, 3.05) is 6.61 Å². The minimum absolute atomic E-state index is 0.0218. The van der Waals surface area contributed by atoms with Crippen LogP contribution in [-0.2, 0) is 21.6 Å². The Morgan fingerprint density at radius 1 is 1.17 bits per heavy atom. The lowest BCUT2D eigenvalue weighted by Crippen LogP contribution is -2.34. The van der Waals surface area contributed by atoms with E-state index in [1.807, 2.05) is 19.1 Å². The van der Waals surface area contributed by atoms with E-state index >= 15 is 0 Å². The molecule has 0 radical (unpaired) electrons. The van der Waals surface area contributed by atoms with E-state index in [1.54, 1.807) is 0 Å². The Morgan fingerprint density at radius 3 is 2.55 bits per heavy atom. The number of allylic oxidation sites excluding steroid dienone is 1. The molecule has 0 aliphatic heterocycles. The van der Waals surface area contributed by atoms with Crippen molar-refractivity contribution in [1.29, 1.82) is 0 Å². The van der Waals surface area contributed by atoms with Gasteiger partial charge in [0.15, 0.2) is 0 Å². The second-order valence-corrected chi connectivity index (χ2v) is 8.10. The molecule has 0 bridgehead atoms. The summed E-state index contributed by atoms with van der Waals surface area (Å²) in [4.78, 5) is 12.1. The Morgan fingerprint density at radius 2 is 1.90 bits per heavy atom. The van der Waals surface area contributed by atoms with E-state index in [-0.39, 0.29) is 17.3 Å². The first-order valence-electron chi connectivity index (χ1n) is 10.6. The van der Waals surface area contributed by atoms with Crippen molar-refractivity contribution in [3.8, 4) is 5.75 Å². The van der Waals surface area contributed by atoms with Crippen LogP contribution in [0.2, 0.25) is 0 Å². The number of hydrogen-bond donors (Lipinski definition) is 0. The van der Waals surface area contributed by atoms with E-state index in [4.69, 9.17) is 9.47 Å². The van der Waals surface area contributed by atoms with Gasteiger partial charge in [0, 0.05) is 0 Å². The molecule has 2 aromatic carbocycles. The molecule has 0 heterocycles. The van der Waals surface area contributed by atoms with Crippen LogP contribution in [0.15, 0.2) is 61.2 Å². The van der Waals surface area contributed by atoms with Gasteiger partial charge in [0.25, 0.3) is 0 Å². The van der Waals surface area contributed by atoms with Gasteiger partial charge in [-0.25, -0.2) is 0 Å². The monoisotopic (exact) mass is 392 g/mol. The Kier molecular flexibility index (Phi) is 7.13. The smallest absolute Gasteiger partial charge is 0.308 e. The fourth-order valence-corrected chi connectivity index (χ4v) is 4.32. The van der Waals surface area contributed by atoms with Gasteiger partial charge in [0.05, 0.1) is 12.5 Å². The molecular weight excluding hydrogens is 360 g/mol. The Hall–Kier alpha value is -2.55. The summed E-state index contributed by atoms with van der Waals surface area (Å²) in [6, 6.07) is 16.9. The van der Waals surface area contributed by atoms with Crippen molar-refractivity contribution < 1.29 is 14.3 Å². The summed E-state index contributed by atoms with van der Waals surface area (Å²) in [5.74, 6) is 0.864. The maximum absolute atomic E-state index is 12.1. The van der Waals surface area contributed by atoms with Crippen LogP contribution in [0.4, 0.5) is 0 Å². The number of hydrogen-bond acceptors (Lipinski definition) is 3. The minimum Gasteiger partial charge on any atom is -0.489 e. The summed E-state index contributed by atoms with van der Waals surface area (Å²) in [7, 11) is 0. The maximum Gasteiger partial charge on any atom is 0.308 e. The molecule has 3 rings (SSSR count). The fourth-order valence-electron chi connectivity index (χ4n) is 4.32. The standard InChI is InChI=1S/C26H32O3/c1-4-15-26(16-13-22(14-17-26)25(27)28-5-2)23-7-6-8-24(18-23)29-19-21-11-9-20(3)10-12-21/h4,6-12,18,22H,1,5,13-17,19H2,2-3H3. The number of rotatable bonds is 8. The lowest BCUT2D eigenvalue weighted by atomic mass is 9.65. The van der Waals surface area contributed by atoms with Crippen molar-refractivity contribution >= 4 is 5.97 Å². The minimum atomic E-state index is -0.0464. The zero-order valence-electron chi connectivity index (χ0n) is 17.7. The molecule has 29 heavy (non-hydrogen) atoms. The largest absolute Gasteiger partial charge is 0.489 e. The van der Waals surface area contributed by atoms with E-state index in [9.17, 15) is 4.79 Å². The molecule has 3 nitrogen and oxygen atoms in total. The van der Waals surface area contributed by atoms with Crippen LogP contribution >= 0.6 is 0 Å². The molecule has 1 fully saturated rings. The molecule has 0 unspecified atom stereocenters. The Labute approximate surface area is 174 Å². The molecule has 0 spiro atoms. The van der Waals surface area contributed by atoms with Crippen LogP contribution < -0.4 is 4.74 Å². The van der Waals surface area contributed by atoms with E-state index in [2.05, 4.69) is 56.0 Å². The molecule has 2 aromatic rings. The van der Waals surface area contributed by atoms with Crippen LogP contribution in [0.3, 0.4) is 0 Å². The van der Waals surface area contributed by atoms with Crippen LogP contribution in [0.5, 0.6) is 5.75 Å². The molecule has 1 aliphatic rings. The van der Waals surface area contributed by atoms with Crippen LogP contribution in [0, 0.1) is 12.8 Å². The third-order valence-corrected chi connectivity index (χ3v) is 6.07. The predicted molar refractivity (Wildman–Crippen MR) is 117 cm³/mol. The first-order chi connectivity index (χ1) is 14.1. The molecule has 0 N–H and O–H groups in total. The average Bonchev–Trinajstić information content (AvgIpc) is 2.74. The van der Waals surface area contributed by atoms with Crippen molar-refractivity contribution in [3.05, 3.63) is 77.9 Å². The van der Waals surface area contributed by atoms with Crippen molar-refractivity contribution in [1.82, 2.24) is 0 Å². The first kappa shape index (κ1) is 21.2. The SMILES string of the molecule is C=CCC1(c2cccc(OCc3ccc(C)cc3)c2)CCC(C(=O)OCC)CC1. The topological polar surface area (TPSA) is 35.5 Å². The van der Waals surface area contributed by atoms with Gasteiger partial charge in [-0.2, -0.15) is 0 Å². The van der Waals surface area contributed by atoms with Gasteiger partial charge in [-0.1, -0.05) is 48.0 Å². The second-order valence-electron chi connectivity index (χ2n) is 8.10. The zero-order chi connectivity index (χ0) is 20.7. The summed E-state index contributed by atoms with van der Waals surface area (Å²) in [5, 5.41) is 0. The summed E-state index contributed by atoms with van der Waals surface area (Å²) < 4.78 is 11.3. The maximum atomic E-state index is 12.1. The number of benzene rings is 2. The molecule has 1 aliphatic carbocycles. The molecule has 0 atom stereocenters. The molecule has 0 saturated heterocycles. The van der Waals surface area contributed by atoms with Gasteiger partial charge in [0.1, 0.15) is 12.4 Å². The summed E-state index contributed by atoms with van der Waals surface area (Å²) in [5.41, 5.74) is 3.71. The summed E-state index contributed by atoms with van der Waals surface area (Å²) in [6.07, 6.45) is 6.56.